The van der Waals surface area contributed by atoms with Crippen LogP contribution in [0.25, 0.3) is 0 Å². The Bertz CT molecular complexity index is 383. The Morgan fingerprint density at radius 1 is 1.44 bits per heavy atom. The first-order chi connectivity index (χ1) is 7.62. The standard InChI is InChI=1S/C12H14BrNO2/c13-10-3-1-9(2-4-10)7-12(11(15)16)5-6-14-8-12/h1-4,14H,5-8H2,(H,15,16). The average molecular weight is 284 g/mol. The van der Waals surface area contributed by atoms with E-state index in [0.29, 0.717) is 19.4 Å². The molecule has 1 aromatic carbocycles. The van der Waals surface area contributed by atoms with E-state index in [1.807, 2.05) is 24.3 Å². The summed E-state index contributed by atoms with van der Waals surface area (Å²) in [4.78, 5) is 11.3. The molecule has 0 aromatic heterocycles. The van der Waals surface area contributed by atoms with Crippen molar-refractivity contribution in [2.45, 2.75) is 12.8 Å². The molecule has 1 aromatic rings. The summed E-state index contributed by atoms with van der Waals surface area (Å²) >= 11 is 3.37. The van der Waals surface area contributed by atoms with Crippen molar-refractivity contribution in [2.75, 3.05) is 13.1 Å². The van der Waals surface area contributed by atoms with Crippen molar-refractivity contribution in [1.82, 2.24) is 5.32 Å². The molecule has 1 saturated heterocycles. The van der Waals surface area contributed by atoms with Gasteiger partial charge in [0.2, 0.25) is 0 Å². The fourth-order valence-corrected chi connectivity index (χ4v) is 2.41. The van der Waals surface area contributed by atoms with Crippen LogP contribution in [-0.2, 0) is 11.2 Å². The largest absolute Gasteiger partial charge is 0.481 e. The highest BCUT2D eigenvalue weighted by atomic mass is 79.9. The van der Waals surface area contributed by atoms with Gasteiger partial charge in [-0.25, -0.2) is 0 Å². The van der Waals surface area contributed by atoms with E-state index < -0.39 is 11.4 Å². The SMILES string of the molecule is O=C(O)C1(Cc2ccc(Br)cc2)CCNC1. The van der Waals surface area contributed by atoms with Crippen molar-refractivity contribution in [3.05, 3.63) is 34.3 Å². The molecule has 1 fully saturated rings. The number of hydrogen-bond acceptors (Lipinski definition) is 2. The molecule has 3 nitrogen and oxygen atoms in total. The fraction of sp³-hybridized carbons (Fsp3) is 0.417. The van der Waals surface area contributed by atoms with E-state index in [9.17, 15) is 9.90 Å². The highest BCUT2D eigenvalue weighted by Crippen LogP contribution is 2.30. The molecule has 1 unspecified atom stereocenters. The maximum atomic E-state index is 11.3. The fourth-order valence-electron chi connectivity index (χ4n) is 2.15. The Labute approximate surface area is 103 Å². The lowest BCUT2D eigenvalue weighted by Crippen LogP contribution is -2.35. The van der Waals surface area contributed by atoms with E-state index in [-0.39, 0.29) is 0 Å². The van der Waals surface area contributed by atoms with Crippen molar-refractivity contribution < 1.29 is 9.90 Å². The van der Waals surface area contributed by atoms with Crippen LogP contribution in [0.2, 0.25) is 0 Å². The van der Waals surface area contributed by atoms with Gasteiger partial charge in [-0.15, -0.1) is 0 Å². The highest BCUT2D eigenvalue weighted by Gasteiger charge is 2.41. The summed E-state index contributed by atoms with van der Waals surface area (Å²) in [6.45, 7) is 1.36. The van der Waals surface area contributed by atoms with Crippen molar-refractivity contribution in [3.63, 3.8) is 0 Å². The van der Waals surface area contributed by atoms with Crippen LogP contribution in [0.3, 0.4) is 0 Å². The van der Waals surface area contributed by atoms with Crippen molar-refractivity contribution >= 4 is 21.9 Å². The van der Waals surface area contributed by atoms with Gasteiger partial charge in [0, 0.05) is 11.0 Å². The molecule has 1 atom stereocenters. The molecule has 86 valence electrons. The Balaban J connectivity index is 2.18. The first-order valence-electron chi connectivity index (χ1n) is 5.31. The van der Waals surface area contributed by atoms with E-state index >= 15 is 0 Å². The number of halogens is 1. The molecule has 0 bridgehead atoms. The van der Waals surface area contributed by atoms with E-state index in [4.69, 9.17) is 0 Å². The highest BCUT2D eigenvalue weighted by molar-refractivity contribution is 9.10. The zero-order valence-electron chi connectivity index (χ0n) is 8.87. The number of hydrogen-bond donors (Lipinski definition) is 2. The normalized spacial score (nSPS) is 24.6. The summed E-state index contributed by atoms with van der Waals surface area (Å²) in [6, 6.07) is 7.86. The van der Waals surface area contributed by atoms with Gasteiger partial charge in [0.1, 0.15) is 0 Å². The lowest BCUT2D eigenvalue weighted by Gasteiger charge is -2.22. The molecule has 0 radical (unpaired) electrons. The monoisotopic (exact) mass is 283 g/mol. The number of carboxylic acid groups (broad SMARTS) is 1. The van der Waals surface area contributed by atoms with Gasteiger partial charge in [0.05, 0.1) is 5.41 Å². The Kier molecular flexibility index (Phi) is 3.30. The summed E-state index contributed by atoms with van der Waals surface area (Å²) < 4.78 is 1.02. The number of carbonyl (C=O) groups is 1. The molecule has 0 aliphatic carbocycles. The number of carboxylic acids is 1. The van der Waals surface area contributed by atoms with Gasteiger partial charge in [-0.1, -0.05) is 28.1 Å². The van der Waals surface area contributed by atoms with Gasteiger partial charge in [0.25, 0.3) is 0 Å². The molecule has 2 N–H and O–H groups in total. The number of benzene rings is 1. The number of nitrogens with one attached hydrogen (secondary N) is 1. The minimum absolute atomic E-state index is 0.568. The minimum Gasteiger partial charge on any atom is -0.481 e. The van der Waals surface area contributed by atoms with Crippen LogP contribution >= 0.6 is 15.9 Å². The third-order valence-electron chi connectivity index (χ3n) is 3.15. The number of aliphatic carboxylic acids is 1. The van der Waals surface area contributed by atoms with Crippen molar-refractivity contribution in [1.29, 1.82) is 0 Å². The van der Waals surface area contributed by atoms with E-state index in [1.54, 1.807) is 0 Å². The van der Waals surface area contributed by atoms with E-state index in [2.05, 4.69) is 21.2 Å². The van der Waals surface area contributed by atoms with Crippen molar-refractivity contribution in [3.8, 4) is 0 Å². The molecule has 0 saturated carbocycles. The van der Waals surface area contributed by atoms with E-state index in [0.717, 1.165) is 16.6 Å². The molecule has 2 rings (SSSR count). The van der Waals surface area contributed by atoms with Gasteiger partial charge in [0.15, 0.2) is 0 Å². The molecule has 1 aliphatic rings. The van der Waals surface area contributed by atoms with Crippen molar-refractivity contribution in [2.24, 2.45) is 5.41 Å². The Hall–Kier alpha value is -0.870. The molecule has 1 aliphatic heterocycles. The molecule has 4 heteroatoms. The second kappa shape index (κ2) is 4.55. The second-order valence-corrected chi connectivity index (χ2v) is 5.23. The maximum Gasteiger partial charge on any atom is 0.311 e. The third-order valence-corrected chi connectivity index (χ3v) is 3.68. The van der Waals surface area contributed by atoms with Crippen LogP contribution < -0.4 is 5.32 Å². The van der Waals surface area contributed by atoms with Gasteiger partial charge in [-0.05, 0) is 37.1 Å². The summed E-state index contributed by atoms with van der Waals surface area (Å²) in [6.07, 6.45) is 1.31. The Morgan fingerprint density at radius 2 is 2.12 bits per heavy atom. The lowest BCUT2D eigenvalue weighted by atomic mass is 9.81. The van der Waals surface area contributed by atoms with Crippen LogP contribution in [0.5, 0.6) is 0 Å². The first-order valence-corrected chi connectivity index (χ1v) is 6.10. The predicted octanol–water partition coefficient (Wildman–Crippen LogP) is 2.06. The van der Waals surface area contributed by atoms with Crippen LogP contribution in [0.15, 0.2) is 28.7 Å². The lowest BCUT2D eigenvalue weighted by molar-refractivity contribution is -0.147. The van der Waals surface area contributed by atoms with E-state index in [1.165, 1.54) is 0 Å². The second-order valence-electron chi connectivity index (χ2n) is 4.32. The van der Waals surface area contributed by atoms with Crippen LogP contribution in [0.1, 0.15) is 12.0 Å². The van der Waals surface area contributed by atoms with Gasteiger partial charge in [-0.2, -0.15) is 0 Å². The molecule has 1 heterocycles. The molecule has 16 heavy (non-hydrogen) atoms. The van der Waals surface area contributed by atoms with Gasteiger partial charge in [-0.3, -0.25) is 4.79 Å². The Morgan fingerprint density at radius 3 is 2.62 bits per heavy atom. The minimum atomic E-state index is -0.694. The third kappa shape index (κ3) is 2.28. The average Bonchev–Trinajstić information content (AvgIpc) is 2.71. The van der Waals surface area contributed by atoms with Gasteiger partial charge < -0.3 is 10.4 Å². The van der Waals surface area contributed by atoms with Crippen LogP contribution in [0, 0.1) is 5.41 Å². The molecular formula is C12H14BrNO2. The predicted molar refractivity (Wildman–Crippen MR) is 65.4 cm³/mol. The quantitative estimate of drug-likeness (QED) is 0.893. The topological polar surface area (TPSA) is 49.3 Å². The summed E-state index contributed by atoms with van der Waals surface area (Å²) in [7, 11) is 0. The molecule has 0 amide bonds. The maximum absolute atomic E-state index is 11.3. The zero-order valence-corrected chi connectivity index (χ0v) is 10.5. The molecule has 0 spiro atoms. The van der Waals surface area contributed by atoms with Crippen LogP contribution in [-0.4, -0.2) is 24.2 Å². The summed E-state index contributed by atoms with van der Waals surface area (Å²) in [5.74, 6) is -0.694. The summed E-state index contributed by atoms with van der Waals surface area (Å²) in [5, 5.41) is 12.5. The van der Waals surface area contributed by atoms with Crippen LogP contribution in [0.4, 0.5) is 0 Å². The summed E-state index contributed by atoms with van der Waals surface area (Å²) in [5.41, 5.74) is 0.461. The molecular weight excluding hydrogens is 270 g/mol. The smallest absolute Gasteiger partial charge is 0.311 e. The number of rotatable bonds is 3. The zero-order chi connectivity index (χ0) is 11.6. The van der Waals surface area contributed by atoms with Gasteiger partial charge >= 0.3 is 5.97 Å². The first kappa shape index (κ1) is 11.6.